The van der Waals surface area contributed by atoms with Gasteiger partial charge in [-0.05, 0) is 40.2 Å². The number of nitrogens with zero attached hydrogens (tertiary/aromatic N) is 2. The molecule has 0 amide bonds. The number of halogens is 1. The first kappa shape index (κ1) is 16.7. The van der Waals surface area contributed by atoms with Crippen LogP contribution in [0.25, 0.3) is 22.2 Å². The zero-order valence-corrected chi connectivity index (χ0v) is 15.6. The van der Waals surface area contributed by atoms with Crippen LogP contribution in [-0.2, 0) is 0 Å². The summed E-state index contributed by atoms with van der Waals surface area (Å²) in [6.07, 6.45) is 1.53. The summed E-state index contributed by atoms with van der Waals surface area (Å²) in [5.74, 6) is 0.114. The van der Waals surface area contributed by atoms with Gasteiger partial charge in [0.25, 0.3) is 0 Å². The second-order valence-electron chi connectivity index (χ2n) is 5.44. The molecule has 0 bridgehead atoms. The van der Waals surface area contributed by atoms with E-state index in [2.05, 4.69) is 25.9 Å². The van der Waals surface area contributed by atoms with Gasteiger partial charge < -0.3 is 9.52 Å². The van der Waals surface area contributed by atoms with Crippen molar-refractivity contribution in [3.63, 3.8) is 0 Å². The van der Waals surface area contributed by atoms with E-state index in [0.717, 1.165) is 5.39 Å². The molecule has 26 heavy (non-hydrogen) atoms. The summed E-state index contributed by atoms with van der Waals surface area (Å²) in [5.41, 5.74) is 1.59. The number of benzene rings is 2. The average molecular weight is 427 g/mol. The van der Waals surface area contributed by atoms with Crippen LogP contribution in [-0.4, -0.2) is 16.3 Å². The number of hydrogen-bond donors (Lipinski definition) is 1. The maximum absolute atomic E-state index is 12.2. The zero-order valence-electron chi connectivity index (χ0n) is 13.2. The molecule has 7 heteroatoms. The van der Waals surface area contributed by atoms with Crippen molar-refractivity contribution in [3.8, 4) is 17.0 Å². The van der Waals surface area contributed by atoms with Crippen LogP contribution >= 0.6 is 27.3 Å². The molecule has 0 atom stereocenters. The molecule has 0 unspecified atom stereocenters. The monoisotopic (exact) mass is 426 g/mol. The summed E-state index contributed by atoms with van der Waals surface area (Å²) in [4.78, 5) is 20.9. The molecule has 0 spiro atoms. The first-order chi connectivity index (χ1) is 12.6. The highest BCUT2D eigenvalue weighted by atomic mass is 79.9. The third-order valence-corrected chi connectivity index (χ3v) is 5.13. The molecule has 0 saturated heterocycles. The van der Waals surface area contributed by atoms with E-state index in [1.165, 1.54) is 17.6 Å². The molecule has 128 valence electrons. The molecule has 1 N–H and O–H groups in total. The number of phenols is 1. The lowest BCUT2D eigenvalue weighted by atomic mass is 10.1. The molecule has 4 aromatic rings. The molecule has 0 aliphatic carbocycles. The first-order valence-corrected chi connectivity index (χ1v) is 9.29. The third kappa shape index (κ3) is 3.18. The lowest BCUT2D eigenvalue weighted by Crippen LogP contribution is -2.02. The molecule has 0 aliphatic rings. The number of aromatic hydroxyl groups is 1. The average Bonchev–Trinajstić information content (AvgIpc) is 3.11. The second kappa shape index (κ2) is 6.86. The molecule has 0 fully saturated rings. The second-order valence-corrected chi connectivity index (χ2v) is 7.13. The summed E-state index contributed by atoms with van der Waals surface area (Å²) in [6.45, 7) is 0. The predicted molar refractivity (Wildman–Crippen MR) is 107 cm³/mol. The Morgan fingerprint density at radius 2 is 2.04 bits per heavy atom. The summed E-state index contributed by atoms with van der Waals surface area (Å²) < 4.78 is 5.94. The minimum Gasteiger partial charge on any atom is -0.506 e. The third-order valence-electron chi connectivity index (χ3n) is 3.74. The van der Waals surface area contributed by atoms with E-state index in [0.29, 0.717) is 32.0 Å². The number of phenolic OH excluding ortho intramolecular Hbond substituents is 1. The summed E-state index contributed by atoms with van der Waals surface area (Å²) >= 11 is 4.57. The van der Waals surface area contributed by atoms with Gasteiger partial charge in [0.05, 0.1) is 15.7 Å². The Labute approximate surface area is 160 Å². The van der Waals surface area contributed by atoms with Gasteiger partial charge in [-0.15, -0.1) is 11.3 Å². The first-order valence-electron chi connectivity index (χ1n) is 7.62. The Bertz CT molecular complexity index is 1200. The molecule has 0 radical (unpaired) electrons. The number of para-hydroxylation sites is 2. The number of hydrogen-bond acceptors (Lipinski definition) is 6. The molecule has 2 aromatic heterocycles. The maximum Gasteiger partial charge on any atom is 0.345 e. The van der Waals surface area contributed by atoms with Crippen LogP contribution in [0, 0.1) is 0 Å². The number of fused-ring (bicyclic) bond motifs is 1. The predicted octanol–water partition coefficient (Wildman–Crippen LogP) is 5.14. The van der Waals surface area contributed by atoms with E-state index < -0.39 is 5.63 Å². The highest BCUT2D eigenvalue weighted by Gasteiger charge is 2.11. The van der Waals surface area contributed by atoms with Gasteiger partial charge in [0.2, 0.25) is 5.13 Å². The standard InChI is InChI=1S/C19H11BrN2O3S/c20-14-6-3-5-12(17(14)23)9-21-19-22-15(10-26-19)13-8-11-4-1-2-7-16(11)25-18(13)24/h1-10,23H. The van der Waals surface area contributed by atoms with E-state index >= 15 is 0 Å². The Morgan fingerprint density at radius 3 is 2.92 bits per heavy atom. The van der Waals surface area contributed by atoms with E-state index in [1.807, 2.05) is 18.2 Å². The Kier molecular flexibility index (Phi) is 4.40. The van der Waals surface area contributed by atoms with Crippen molar-refractivity contribution < 1.29 is 9.52 Å². The van der Waals surface area contributed by atoms with Gasteiger partial charge in [0.15, 0.2) is 0 Å². The van der Waals surface area contributed by atoms with E-state index in [4.69, 9.17) is 4.42 Å². The van der Waals surface area contributed by atoms with Crippen LogP contribution in [0.1, 0.15) is 5.56 Å². The maximum atomic E-state index is 12.2. The molecular weight excluding hydrogens is 416 g/mol. The van der Waals surface area contributed by atoms with Crippen molar-refractivity contribution in [2.24, 2.45) is 4.99 Å². The van der Waals surface area contributed by atoms with Gasteiger partial charge in [-0.1, -0.05) is 24.3 Å². The molecular formula is C19H11BrN2O3S. The van der Waals surface area contributed by atoms with Gasteiger partial charge in [-0.25, -0.2) is 14.8 Å². The van der Waals surface area contributed by atoms with Crippen LogP contribution in [0.4, 0.5) is 5.13 Å². The lowest BCUT2D eigenvalue weighted by Gasteiger charge is -1.99. The Balaban J connectivity index is 1.68. The van der Waals surface area contributed by atoms with Gasteiger partial charge in [-0.2, -0.15) is 0 Å². The molecule has 2 heterocycles. The largest absolute Gasteiger partial charge is 0.506 e. The number of thiazole rings is 1. The number of rotatable bonds is 3. The minimum atomic E-state index is -0.436. The van der Waals surface area contributed by atoms with Crippen molar-refractivity contribution in [1.82, 2.24) is 4.98 Å². The van der Waals surface area contributed by atoms with Crippen LogP contribution < -0.4 is 5.63 Å². The lowest BCUT2D eigenvalue weighted by molar-refractivity contribution is 0.471. The summed E-state index contributed by atoms with van der Waals surface area (Å²) in [6, 6.07) is 14.4. The fraction of sp³-hybridized carbons (Fsp3) is 0. The van der Waals surface area contributed by atoms with Gasteiger partial charge >= 0.3 is 5.63 Å². The highest BCUT2D eigenvalue weighted by molar-refractivity contribution is 9.10. The quantitative estimate of drug-likeness (QED) is 0.363. The van der Waals surface area contributed by atoms with Crippen molar-refractivity contribution in [2.75, 3.05) is 0 Å². The topological polar surface area (TPSA) is 75.7 Å². The Hall–Kier alpha value is -2.77. The van der Waals surface area contributed by atoms with E-state index in [1.54, 1.807) is 35.7 Å². The van der Waals surface area contributed by atoms with Gasteiger partial charge in [-0.3, -0.25) is 0 Å². The molecule has 0 saturated carbocycles. The Morgan fingerprint density at radius 1 is 1.19 bits per heavy atom. The van der Waals surface area contributed by atoms with Crippen molar-refractivity contribution >= 4 is 49.6 Å². The fourth-order valence-corrected chi connectivity index (χ4v) is 3.49. The van der Waals surface area contributed by atoms with Gasteiger partial charge in [0, 0.05) is 22.5 Å². The van der Waals surface area contributed by atoms with Crippen molar-refractivity contribution in [2.45, 2.75) is 0 Å². The van der Waals surface area contributed by atoms with Crippen LogP contribution in [0.5, 0.6) is 5.75 Å². The SMILES string of the molecule is O=c1oc2ccccc2cc1-c1csc(N=Cc2cccc(Br)c2O)n1. The fourth-order valence-electron chi connectivity index (χ4n) is 2.45. The van der Waals surface area contributed by atoms with Gasteiger partial charge in [0.1, 0.15) is 11.3 Å². The molecule has 4 rings (SSSR count). The van der Waals surface area contributed by atoms with Crippen LogP contribution in [0.2, 0.25) is 0 Å². The van der Waals surface area contributed by atoms with Crippen molar-refractivity contribution in [3.05, 3.63) is 74.4 Å². The number of aromatic nitrogens is 1. The molecule has 0 aliphatic heterocycles. The van der Waals surface area contributed by atoms with E-state index in [-0.39, 0.29) is 5.75 Å². The summed E-state index contributed by atoms with van der Waals surface area (Å²) in [5, 5.41) is 13.1. The minimum absolute atomic E-state index is 0.114. The van der Waals surface area contributed by atoms with Crippen LogP contribution in [0.3, 0.4) is 0 Å². The van der Waals surface area contributed by atoms with E-state index in [9.17, 15) is 9.90 Å². The summed E-state index contributed by atoms with van der Waals surface area (Å²) in [7, 11) is 0. The molecule has 2 aromatic carbocycles. The van der Waals surface area contributed by atoms with Crippen LogP contribution in [0.15, 0.2) is 72.6 Å². The number of aliphatic imine (C=N–C) groups is 1. The van der Waals surface area contributed by atoms with Crippen molar-refractivity contribution in [1.29, 1.82) is 0 Å². The smallest absolute Gasteiger partial charge is 0.345 e. The normalized spacial score (nSPS) is 11.4. The highest BCUT2D eigenvalue weighted by Crippen LogP contribution is 2.29. The zero-order chi connectivity index (χ0) is 18.1. The molecule has 5 nitrogen and oxygen atoms in total.